The second-order valence-electron chi connectivity index (χ2n) is 3.73. The molecule has 2 heteroatoms. The summed E-state index contributed by atoms with van der Waals surface area (Å²) in [4.78, 5) is 0. The van der Waals surface area contributed by atoms with Crippen molar-refractivity contribution < 1.29 is 5.11 Å². The Hall–Kier alpha value is -1.02. The van der Waals surface area contributed by atoms with Gasteiger partial charge in [0.05, 0.1) is 5.60 Å². The monoisotopic (exact) mass is 165 g/mol. The fraction of sp³-hybridized carbons (Fsp3) is 0.400. The van der Waals surface area contributed by atoms with Crippen LogP contribution in [0.15, 0.2) is 24.3 Å². The normalized spacial score (nSPS) is 11.6. The van der Waals surface area contributed by atoms with E-state index in [0.29, 0.717) is 6.42 Å². The molecule has 0 aromatic heterocycles. The first kappa shape index (κ1) is 9.07. The quantitative estimate of drug-likeness (QED) is 0.653. The van der Waals surface area contributed by atoms with Crippen LogP contribution in [0.4, 0.5) is 5.69 Å². The lowest BCUT2D eigenvalue weighted by Crippen LogP contribution is -2.21. The second-order valence-corrected chi connectivity index (χ2v) is 3.73. The lowest BCUT2D eigenvalue weighted by Gasteiger charge is -2.16. The Morgan fingerprint density at radius 1 is 1.25 bits per heavy atom. The number of benzene rings is 1. The van der Waals surface area contributed by atoms with E-state index >= 15 is 0 Å². The molecule has 0 bridgehead atoms. The predicted octanol–water partition coefficient (Wildman–Crippen LogP) is 1.58. The van der Waals surface area contributed by atoms with Gasteiger partial charge in [0.15, 0.2) is 0 Å². The average Bonchev–Trinajstić information content (AvgIpc) is 1.91. The summed E-state index contributed by atoms with van der Waals surface area (Å²) >= 11 is 0. The molecule has 0 saturated heterocycles. The highest BCUT2D eigenvalue weighted by molar-refractivity contribution is 5.39. The molecule has 66 valence electrons. The van der Waals surface area contributed by atoms with E-state index in [2.05, 4.69) is 0 Å². The predicted molar refractivity (Wildman–Crippen MR) is 50.9 cm³/mol. The van der Waals surface area contributed by atoms with Gasteiger partial charge in [0, 0.05) is 12.1 Å². The molecule has 0 aliphatic rings. The molecule has 0 heterocycles. The smallest absolute Gasteiger partial charge is 0.0631 e. The van der Waals surface area contributed by atoms with Gasteiger partial charge in [0.25, 0.3) is 0 Å². The van der Waals surface area contributed by atoms with Gasteiger partial charge in [0.1, 0.15) is 0 Å². The third kappa shape index (κ3) is 2.93. The van der Waals surface area contributed by atoms with E-state index in [4.69, 9.17) is 5.73 Å². The molecule has 0 atom stereocenters. The number of hydrogen-bond acceptors (Lipinski definition) is 2. The van der Waals surface area contributed by atoms with Crippen molar-refractivity contribution >= 4 is 5.69 Å². The number of nitrogen functional groups attached to an aromatic ring is 1. The molecular formula is C10H15NO. The molecule has 0 spiro atoms. The minimum absolute atomic E-state index is 0.643. The van der Waals surface area contributed by atoms with Gasteiger partial charge in [-0.15, -0.1) is 0 Å². The first-order chi connectivity index (χ1) is 5.47. The molecule has 1 aromatic rings. The van der Waals surface area contributed by atoms with Crippen LogP contribution in [0.1, 0.15) is 19.4 Å². The molecule has 12 heavy (non-hydrogen) atoms. The van der Waals surface area contributed by atoms with Crippen molar-refractivity contribution in [1.82, 2.24) is 0 Å². The fourth-order valence-electron chi connectivity index (χ4n) is 1.14. The van der Waals surface area contributed by atoms with Crippen LogP contribution in [0.5, 0.6) is 0 Å². The van der Waals surface area contributed by atoms with Crippen molar-refractivity contribution in [2.24, 2.45) is 0 Å². The summed E-state index contributed by atoms with van der Waals surface area (Å²) in [6, 6.07) is 7.57. The Kier molecular flexibility index (Phi) is 2.38. The first-order valence-electron chi connectivity index (χ1n) is 4.04. The molecular weight excluding hydrogens is 150 g/mol. The molecule has 0 aliphatic carbocycles. The molecule has 0 aliphatic heterocycles. The number of aliphatic hydroxyl groups is 1. The number of rotatable bonds is 2. The third-order valence-corrected chi connectivity index (χ3v) is 1.62. The van der Waals surface area contributed by atoms with Crippen molar-refractivity contribution in [2.75, 3.05) is 5.73 Å². The van der Waals surface area contributed by atoms with Crippen LogP contribution in [-0.2, 0) is 6.42 Å². The highest BCUT2D eigenvalue weighted by Crippen LogP contribution is 2.13. The van der Waals surface area contributed by atoms with Crippen LogP contribution in [0.2, 0.25) is 0 Å². The van der Waals surface area contributed by atoms with E-state index in [1.807, 2.05) is 24.3 Å². The lowest BCUT2D eigenvalue weighted by atomic mass is 9.99. The van der Waals surface area contributed by atoms with Crippen molar-refractivity contribution in [2.45, 2.75) is 25.9 Å². The van der Waals surface area contributed by atoms with Crippen LogP contribution < -0.4 is 5.73 Å². The average molecular weight is 165 g/mol. The van der Waals surface area contributed by atoms with Gasteiger partial charge in [-0.3, -0.25) is 0 Å². The van der Waals surface area contributed by atoms with Crippen LogP contribution in [-0.4, -0.2) is 10.7 Å². The third-order valence-electron chi connectivity index (χ3n) is 1.62. The molecule has 0 unspecified atom stereocenters. The van der Waals surface area contributed by atoms with E-state index in [-0.39, 0.29) is 0 Å². The SMILES string of the molecule is CC(C)(O)Cc1ccc(N)cc1. The molecule has 1 rings (SSSR count). The number of anilines is 1. The molecule has 2 nitrogen and oxygen atoms in total. The summed E-state index contributed by atoms with van der Waals surface area (Å²) in [5.74, 6) is 0. The Morgan fingerprint density at radius 2 is 1.75 bits per heavy atom. The van der Waals surface area contributed by atoms with E-state index < -0.39 is 5.60 Å². The zero-order valence-electron chi connectivity index (χ0n) is 7.54. The van der Waals surface area contributed by atoms with Gasteiger partial charge in [-0.1, -0.05) is 12.1 Å². The van der Waals surface area contributed by atoms with Gasteiger partial charge < -0.3 is 10.8 Å². The summed E-state index contributed by atoms with van der Waals surface area (Å²) in [7, 11) is 0. The topological polar surface area (TPSA) is 46.2 Å². The van der Waals surface area contributed by atoms with Crippen LogP contribution >= 0.6 is 0 Å². The second kappa shape index (κ2) is 3.15. The minimum Gasteiger partial charge on any atom is -0.399 e. The van der Waals surface area contributed by atoms with E-state index in [1.54, 1.807) is 13.8 Å². The summed E-state index contributed by atoms with van der Waals surface area (Å²) in [6.07, 6.45) is 0.660. The number of hydrogen-bond donors (Lipinski definition) is 2. The lowest BCUT2D eigenvalue weighted by molar-refractivity contribution is 0.0810. The maximum Gasteiger partial charge on any atom is 0.0631 e. The van der Waals surface area contributed by atoms with Crippen molar-refractivity contribution in [3.63, 3.8) is 0 Å². The van der Waals surface area contributed by atoms with Crippen LogP contribution in [0.25, 0.3) is 0 Å². The highest BCUT2D eigenvalue weighted by atomic mass is 16.3. The maximum atomic E-state index is 9.51. The molecule has 3 N–H and O–H groups in total. The van der Waals surface area contributed by atoms with Crippen molar-refractivity contribution in [3.8, 4) is 0 Å². The maximum absolute atomic E-state index is 9.51. The van der Waals surface area contributed by atoms with E-state index in [0.717, 1.165) is 11.3 Å². The summed E-state index contributed by atoms with van der Waals surface area (Å²) in [5, 5.41) is 9.51. The standard InChI is InChI=1S/C10H15NO/c1-10(2,12)7-8-3-5-9(11)6-4-8/h3-6,12H,7,11H2,1-2H3. The van der Waals surface area contributed by atoms with Gasteiger partial charge >= 0.3 is 0 Å². The Bertz CT molecular complexity index is 246. The van der Waals surface area contributed by atoms with Crippen LogP contribution in [0.3, 0.4) is 0 Å². The summed E-state index contributed by atoms with van der Waals surface area (Å²) in [6.45, 7) is 3.59. The highest BCUT2D eigenvalue weighted by Gasteiger charge is 2.12. The van der Waals surface area contributed by atoms with Gasteiger partial charge in [0.2, 0.25) is 0 Å². The fourth-order valence-corrected chi connectivity index (χ4v) is 1.14. The van der Waals surface area contributed by atoms with Gasteiger partial charge in [-0.2, -0.15) is 0 Å². The summed E-state index contributed by atoms with van der Waals surface area (Å²) in [5.41, 5.74) is 6.75. The largest absolute Gasteiger partial charge is 0.399 e. The van der Waals surface area contributed by atoms with Gasteiger partial charge in [-0.25, -0.2) is 0 Å². The van der Waals surface area contributed by atoms with E-state index in [1.165, 1.54) is 0 Å². The Morgan fingerprint density at radius 3 is 2.17 bits per heavy atom. The molecule has 0 saturated carbocycles. The molecule has 1 aromatic carbocycles. The van der Waals surface area contributed by atoms with Gasteiger partial charge in [-0.05, 0) is 31.5 Å². The van der Waals surface area contributed by atoms with Crippen LogP contribution in [0, 0.1) is 0 Å². The zero-order valence-corrected chi connectivity index (χ0v) is 7.54. The Labute approximate surface area is 73.0 Å². The first-order valence-corrected chi connectivity index (χ1v) is 4.04. The molecule has 0 fully saturated rings. The Balaban J connectivity index is 2.71. The molecule has 0 radical (unpaired) electrons. The van der Waals surface area contributed by atoms with Crippen molar-refractivity contribution in [1.29, 1.82) is 0 Å². The number of nitrogens with two attached hydrogens (primary N) is 1. The molecule has 0 amide bonds. The minimum atomic E-state index is -0.643. The zero-order chi connectivity index (χ0) is 9.19. The summed E-state index contributed by atoms with van der Waals surface area (Å²) < 4.78 is 0. The van der Waals surface area contributed by atoms with E-state index in [9.17, 15) is 5.11 Å². The van der Waals surface area contributed by atoms with Crippen molar-refractivity contribution in [3.05, 3.63) is 29.8 Å².